The van der Waals surface area contributed by atoms with Crippen LogP contribution in [0.2, 0.25) is 0 Å². The first-order chi connectivity index (χ1) is 16.3. The number of aliphatic hydroxyl groups excluding tert-OH is 1. The third-order valence-corrected chi connectivity index (χ3v) is 9.42. The van der Waals surface area contributed by atoms with Gasteiger partial charge in [-0.3, -0.25) is 14.6 Å². The Morgan fingerprint density at radius 1 is 1.15 bits per heavy atom. The van der Waals surface area contributed by atoms with Crippen molar-refractivity contribution in [2.24, 2.45) is 35.0 Å². The van der Waals surface area contributed by atoms with E-state index in [1.54, 1.807) is 6.20 Å². The lowest BCUT2D eigenvalue weighted by Gasteiger charge is -2.56. The molecule has 1 aromatic rings. The minimum Gasteiger partial charge on any atom is -0.392 e. The van der Waals surface area contributed by atoms with Gasteiger partial charge in [-0.25, -0.2) is 0 Å². The van der Waals surface area contributed by atoms with Crippen LogP contribution in [0.15, 0.2) is 24.4 Å². The predicted octanol–water partition coefficient (Wildman–Crippen LogP) is 4.22. The quantitative estimate of drug-likeness (QED) is 0.582. The van der Waals surface area contributed by atoms with Gasteiger partial charge in [-0.1, -0.05) is 46.1 Å². The van der Waals surface area contributed by atoms with Crippen molar-refractivity contribution in [2.75, 3.05) is 0 Å². The van der Waals surface area contributed by atoms with Crippen molar-refractivity contribution >= 4 is 11.8 Å². The van der Waals surface area contributed by atoms with Gasteiger partial charge in [0.15, 0.2) is 0 Å². The molecule has 3 aliphatic carbocycles. The second kappa shape index (κ2) is 10.8. The summed E-state index contributed by atoms with van der Waals surface area (Å²) in [6.45, 7) is 6.85. The number of amides is 2. The van der Waals surface area contributed by atoms with Crippen molar-refractivity contribution < 1.29 is 14.7 Å². The Morgan fingerprint density at radius 3 is 2.59 bits per heavy atom. The molecular formula is C28H43N3O3. The van der Waals surface area contributed by atoms with Crippen LogP contribution in [0.4, 0.5) is 0 Å². The van der Waals surface area contributed by atoms with Crippen LogP contribution in [0.25, 0.3) is 0 Å². The van der Waals surface area contributed by atoms with Crippen molar-refractivity contribution in [3.8, 4) is 0 Å². The maximum atomic E-state index is 13.0. The summed E-state index contributed by atoms with van der Waals surface area (Å²) in [7, 11) is 0. The Hall–Kier alpha value is -1.95. The number of nitrogens with one attached hydrogen (secondary N) is 2. The summed E-state index contributed by atoms with van der Waals surface area (Å²) in [5.74, 6) is 0.273. The number of hydrogen-bond acceptors (Lipinski definition) is 4. The summed E-state index contributed by atoms with van der Waals surface area (Å²) in [6, 6.07) is 5.78. The first kappa shape index (κ1) is 25.2. The van der Waals surface area contributed by atoms with Gasteiger partial charge in [-0.05, 0) is 73.8 Å². The minimum atomic E-state index is -0.543. The number of carbonyl (C=O) groups is 2. The van der Waals surface area contributed by atoms with E-state index in [1.165, 1.54) is 6.42 Å². The fourth-order valence-electron chi connectivity index (χ4n) is 7.20. The highest BCUT2D eigenvalue weighted by Crippen LogP contribution is 2.55. The standard InChI is InChI=1S/C28H43N3O3/c1-18(26(33)30-17-21-11-7-8-16-29-21)22-12-14-28(3)15-13-23(19(2)24(28)25(22)32)31-27(34)20-9-5-4-6-10-20/h7-8,11,16,18-20,22-25,32H,4-6,9-10,12-15,17H2,1-3H3,(H,30,33)(H,31,34)/t18-,19+,22?,23-,24+,25-,28-/m0/s1. The molecule has 0 aliphatic heterocycles. The summed E-state index contributed by atoms with van der Waals surface area (Å²) in [6.07, 6.45) is 10.6. The van der Waals surface area contributed by atoms with Gasteiger partial charge in [-0.15, -0.1) is 0 Å². The number of hydrogen-bond donors (Lipinski definition) is 3. The maximum Gasteiger partial charge on any atom is 0.223 e. The molecule has 6 nitrogen and oxygen atoms in total. The van der Waals surface area contributed by atoms with Gasteiger partial charge in [-0.2, -0.15) is 0 Å². The van der Waals surface area contributed by atoms with Crippen molar-refractivity contribution in [1.29, 1.82) is 0 Å². The number of aliphatic hydroxyl groups is 1. The molecule has 3 saturated carbocycles. The summed E-state index contributed by atoms with van der Waals surface area (Å²) in [5, 5.41) is 18.0. The molecule has 188 valence electrons. The van der Waals surface area contributed by atoms with Crippen LogP contribution in [0.1, 0.15) is 84.3 Å². The molecule has 0 bridgehead atoms. The van der Waals surface area contributed by atoms with Crippen molar-refractivity contribution in [3.05, 3.63) is 30.1 Å². The van der Waals surface area contributed by atoms with Gasteiger partial charge >= 0.3 is 0 Å². The van der Waals surface area contributed by atoms with E-state index in [0.717, 1.165) is 57.1 Å². The van der Waals surface area contributed by atoms with Crippen LogP contribution in [-0.2, 0) is 16.1 Å². The molecule has 0 aromatic carbocycles. The Kier molecular flexibility index (Phi) is 7.96. The number of fused-ring (bicyclic) bond motifs is 1. The lowest BCUT2D eigenvalue weighted by molar-refractivity contribution is -0.144. The number of pyridine rings is 1. The Morgan fingerprint density at radius 2 is 1.88 bits per heavy atom. The first-order valence-electron chi connectivity index (χ1n) is 13.5. The average Bonchev–Trinajstić information content (AvgIpc) is 2.85. The van der Waals surface area contributed by atoms with Crippen LogP contribution in [-0.4, -0.2) is 34.1 Å². The summed E-state index contributed by atoms with van der Waals surface area (Å²) in [5.41, 5.74) is 0.892. The van der Waals surface area contributed by atoms with Crippen molar-refractivity contribution in [3.63, 3.8) is 0 Å². The number of carbonyl (C=O) groups excluding carboxylic acids is 2. The molecule has 3 N–H and O–H groups in total. The van der Waals surface area contributed by atoms with E-state index in [1.807, 2.05) is 25.1 Å². The summed E-state index contributed by atoms with van der Waals surface area (Å²) >= 11 is 0. The molecule has 7 atom stereocenters. The van der Waals surface area contributed by atoms with E-state index >= 15 is 0 Å². The minimum absolute atomic E-state index is 0.0241. The van der Waals surface area contributed by atoms with Gasteiger partial charge in [0, 0.05) is 24.1 Å². The molecule has 34 heavy (non-hydrogen) atoms. The predicted molar refractivity (Wildman–Crippen MR) is 132 cm³/mol. The van der Waals surface area contributed by atoms with E-state index in [4.69, 9.17) is 0 Å². The van der Waals surface area contributed by atoms with E-state index in [2.05, 4.69) is 29.5 Å². The molecule has 3 aliphatic rings. The SMILES string of the molecule is C[C@H]1[C@@H]2[C@@H](O)C([C@H](C)C(=O)NCc3ccccn3)CC[C@@]2(C)CC[C@@H]1NC(=O)C1CCCCC1. The van der Waals surface area contributed by atoms with Crippen molar-refractivity contribution in [1.82, 2.24) is 15.6 Å². The molecule has 6 heteroatoms. The molecule has 0 saturated heterocycles. The molecule has 0 radical (unpaired) electrons. The summed E-state index contributed by atoms with van der Waals surface area (Å²) < 4.78 is 0. The lowest BCUT2D eigenvalue weighted by atomic mass is 9.51. The molecule has 1 aromatic heterocycles. The molecule has 1 unspecified atom stereocenters. The lowest BCUT2D eigenvalue weighted by Crippen LogP contribution is -2.59. The second-order valence-electron chi connectivity index (χ2n) is 11.5. The Bertz CT molecular complexity index is 841. The molecule has 1 heterocycles. The normalized spacial score (nSPS) is 35.1. The van der Waals surface area contributed by atoms with Gasteiger partial charge in [0.2, 0.25) is 11.8 Å². The van der Waals surface area contributed by atoms with Crippen molar-refractivity contribution in [2.45, 2.75) is 97.2 Å². The van der Waals surface area contributed by atoms with Gasteiger partial charge in [0.1, 0.15) is 0 Å². The smallest absolute Gasteiger partial charge is 0.223 e. The number of rotatable bonds is 6. The zero-order valence-corrected chi connectivity index (χ0v) is 21.1. The van der Waals surface area contributed by atoms with E-state index < -0.39 is 6.10 Å². The van der Waals surface area contributed by atoms with Gasteiger partial charge in [0.25, 0.3) is 0 Å². The molecular weight excluding hydrogens is 426 g/mol. The monoisotopic (exact) mass is 469 g/mol. The topological polar surface area (TPSA) is 91.3 Å². The zero-order chi connectivity index (χ0) is 24.3. The number of nitrogens with zero attached hydrogens (tertiary/aromatic N) is 1. The fraction of sp³-hybridized carbons (Fsp3) is 0.750. The van der Waals surface area contributed by atoms with Gasteiger partial charge in [0.05, 0.1) is 18.3 Å². The largest absolute Gasteiger partial charge is 0.392 e. The molecule has 0 spiro atoms. The molecule has 2 amide bonds. The van der Waals surface area contributed by atoms with Crippen LogP contribution in [0.5, 0.6) is 0 Å². The zero-order valence-electron chi connectivity index (χ0n) is 21.1. The second-order valence-corrected chi connectivity index (χ2v) is 11.5. The highest BCUT2D eigenvalue weighted by molar-refractivity contribution is 5.79. The highest BCUT2D eigenvalue weighted by atomic mass is 16.3. The van der Waals surface area contributed by atoms with Crippen LogP contribution in [0.3, 0.4) is 0 Å². The van der Waals surface area contributed by atoms with Crippen LogP contribution >= 0.6 is 0 Å². The van der Waals surface area contributed by atoms with Gasteiger partial charge < -0.3 is 15.7 Å². The third-order valence-electron chi connectivity index (χ3n) is 9.42. The van der Waals surface area contributed by atoms with E-state index in [0.29, 0.717) is 6.54 Å². The maximum absolute atomic E-state index is 13.0. The third kappa shape index (κ3) is 5.32. The van der Waals surface area contributed by atoms with E-state index in [-0.39, 0.29) is 52.9 Å². The van der Waals surface area contributed by atoms with E-state index in [9.17, 15) is 14.7 Å². The summed E-state index contributed by atoms with van der Waals surface area (Å²) in [4.78, 5) is 30.2. The molecule has 3 fully saturated rings. The highest BCUT2D eigenvalue weighted by Gasteiger charge is 2.54. The Labute approximate surface area is 204 Å². The first-order valence-corrected chi connectivity index (χ1v) is 13.5. The fourth-order valence-corrected chi connectivity index (χ4v) is 7.20. The number of aromatic nitrogens is 1. The Balaban J connectivity index is 1.39. The van der Waals surface area contributed by atoms with Crippen LogP contribution in [0, 0.1) is 35.0 Å². The molecule has 4 rings (SSSR count). The van der Waals surface area contributed by atoms with Crippen LogP contribution < -0.4 is 10.6 Å². The average molecular weight is 470 g/mol.